The maximum atomic E-state index is 12.5. The van der Waals surface area contributed by atoms with Gasteiger partial charge in [-0.2, -0.15) is 0 Å². The van der Waals surface area contributed by atoms with E-state index in [-0.39, 0.29) is 11.9 Å². The van der Waals surface area contributed by atoms with Crippen molar-refractivity contribution < 1.29 is 4.79 Å². The van der Waals surface area contributed by atoms with Gasteiger partial charge in [0.15, 0.2) is 0 Å². The van der Waals surface area contributed by atoms with Crippen LogP contribution in [0.1, 0.15) is 10.5 Å². The van der Waals surface area contributed by atoms with Crippen LogP contribution in [0.2, 0.25) is 0 Å². The zero-order valence-corrected chi connectivity index (χ0v) is 13.5. The molecule has 0 saturated carbocycles. The first kappa shape index (κ1) is 15.1. The van der Waals surface area contributed by atoms with E-state index in [1.54, 1.807) is 0 Å². The summed E-state index contributed by atoms with van der Waals surface area (Å²) in [6.07, 6.45) is 0. The van der Waals surface area contributed by atoms with Crippen LogP contribution in [-0.4, -0.2) is 67.5 Å². The highest BCUT2D eigenvalue weighted by Gasteiger charge is 2.32. The van der Waals surface area contributed by atoms with Crippen LogP contribution in [0.4, 0.5) is 0 Å². The third kappa shape index (κ3) is 3.15. The Bertz CT molecular complexity index is 630. The fourth-order valence-electron chi connectivity index (χ4n) is 3.35. The Balaban J connectivity index is 1.72. The van der Waals surface area contributed by atoms with Gasteiger partial charge in [-0.05, 0) is 33.3 Å². The van der Waals surface area contributed by atoms with Gasteiger partial charge < -0.3 is 20.1 Å². The van der Waals surface area contributed by atoms with Crippen LogP contribution in [-0.2, 0) is 0 Å². The third-order valence-electron chi connectivity index (χ3n) is 4.31. The summed E-state index contributed by atoms with van der Waals surface area (Å²) in [7, 11) is 6.27. The van der Waals surface area contributed by atoms with E-state index in [0.29, 0.717) is 11.6 Å². The molecular weight excluding hydrogens is 276 g/mol. The van der Waals surface area contributed by atoms with E-state index in [0.717, 1.165) is 30.5 Å². The zero-order chi connectivity index (χ0) is 15.7. The second-order valence-corrected chi connectivity index (χ2v) is 6.59. The number of benzene rings is 1. The topological polar surface area (TPSA) is 51.4 Å². The number of hydrogen-bond donors (Lipinski definition) is 2. The number of nitrogens with one attached hydrogen (secondary N) is 2. The van der Waals surface area contributed by atoms with Crippen LogP contribution >= 0.6 is 0 Å². The Morgan fingerprint density at radius 1 is 1.36 bits per heavy atom. The monoisotopic (exact) mass is 300 g/mol. The first-order chi connectivity index (χ1) is 10.5. The minimum Gasteiger partial charge on any atom is -0.351 e. The number of aromatic amines is 1. The maximum absolute atomic E-state index is 12.5. The second kappa shape index (κ2) is 6.10. The van der Waals surface area contributed by atoms with Crippen LogP contribution in [0.3, 0.4) is 0 Å². The van der Waals surface area contributed by atoms with Crippen LogP contribution in [0.15, 0.2) is 30.3 Å². The first-order valence-electron chi connectivity index (χ1n) is 7.75. The summed E-state index contributed by atoms with van der Waals surface area (Å²) in [4.78, 5) is 20.2. The van der Waals surface area contributed by atoms with Crippen molar-refractivity contribution in [1.29, 1.82) is 0 Å². The summed E-state index contributed by atoms with van der Waals surface area (Å²) >= 11 is 0. The predicted octanol–water partition coefficient (Wildman–Crippen LogP) is 1.39. The van der Waals surface area contributed by atoms with Gasteiger partial charge in [0.25, 0.3) is 5.91 Å². The summed E-state index contributed by atoms with van der Waals surface area (Å²) in [5, 5.41) is 4.27. The molecule has 0 unspecified atom stereocenters. The summed E-state index contributed by atoms with van der Waals surface area (Å²) < 4.78 is 0. The minimum atomic E-state index is -0.0137. The van der Waals surface area contributed by atoms with E-state index in [1.165, 1.54) is 0 Å². The lowest BCUT2D eigenvalue weighted by molar-refractivity contribution is 0.0923. The van der Waals surface area contributed by atoms with Gasteiger partial charge in [0.05, 0.1) is 0 Å². The molecule has 1 aliphatic rings. The van der Waals surface area contributed by atoms with Gasteiger partial charge in [0.2, 0.25) is 0 Å². The summed E-state index contributed by atoms with van der Waals surface area (Å²) in [6, 6.07) is 10.1. The van der Waals surface area contributed by atoms with Crippen molar-refractivity contribution in [3.05, 3.63) is 36.0 Å². The van der Waals surface area contributed by atoms with Crippen LogP contribution in [0, 0.1) is 5.92 Å². The molecule has 2 aromatic rings. The molecule has 22 heavy (non-hydrogen) atoms. The molecule has 1 fully saturated rings. The smallest absolute Gasteiger partial charge is 0.268 e. The normalized spacial score (nSPS) is 22.5. The SMILES string of the molecule is CN(C)C[C@@H]1CN(C)C[C@H]1NC(=O)c1cc2ccccc2[nH]1. The van der Waals surface area contributed by atoms with Crippen LogP contribution in [0.25, 0.3) is 10.9 Å². The maximum Gasteiger partial charge on any atom is 0.268 e. The fraction of sp³-hybridized carbons (Fsp3) is 0.471. The number of H-pyrrole nitrogens is 1. The molecule has 1 saturated heterocycles. The van der Waals surface area contributed by atoms with Crippen molar-refractivity contribution in [3.63, 3.8) is 0 Å². The molecule has 2 heterocycles. The number of carbonyl (C=O) groups is 1. The summed E-state index contributed by atoms with van der Waals surface area (Å²) in [5.74, 6) is 0.452. The van der Waals surface area contributed by atoms with Crippen molar-refractivity contribution in [1.82, 2.24) is 20.1 Å². The number of rotatable bonds is 4. The fourth-order valence-corrected chi connectivity index (χ4v) is 3.35. The number of nitrogens with zero attached hydrogens (tertiary/aromatic N) is 2. The molecule has 3 rings (SSSR count). The lowest BCUT2D eigenvalue weighted by atomic mass is 10.0. The van der Waals surface area contributed by atoms with Gasteiger partial charge in [0, 0.05) is 42.5 Å². The van der Waals surface area contributed by atoms with E-state index in [2.05, 4.69) is 41.2 Å². The van der Waals surface area contributed by atoms with E-state index in [9.17, 15) is 4.79 Å². The number of aromatic nitrogens is 1. The highest BCUT2D eigenvalue weighted by atomic mass is 16.2. The average Bonchev–Trinajstić information content (AvgIpc) is 3.02. The summed E-state index contributed by atoms with van der Waals surface area (Å²) in [6.45, 7) is 2.92. The molecule has 5 heteroatoms. The average molecular weight is 300 g/mol. The number of likely N-dealkylation sites (tertiary alicyclic amines) is 1. The zero-order valence-electron chi connectivity index (χ0n) is 13.5. The minimum absolute atomic E-state index is 0.0137. The molecule has 1 aromatic heterocycles. The first-order valence-corrected chi connectivity index (χ1v) is 7.75. The molecule has 0 spiro atoms. The summed E-state index contributed by atoms with van der Waals surface area (Å²) in [5.41, 5.74) is 1.64. The molecular formula is C17H24N4O. The highest BCUT2D eigenvalue weighted by Crippen LogP contribution is 2.18. The lowest BCUT2D eigenvalue weighted by Gasteiger charge is -2.22. The van der Waals surface area contributed by atoms with Crippen molar-refractivity contribution in [2.24, 2.45) is 5.92 Å². The standard InChI is InChI=1S/C17H24N4O/c1-20(2)9-13-10-21(3)11-16(13)19-17(22)15-8-12-6-4-5-7-14(12)18-15/h4-8,13,16,18H,9-11H2,1-3H3,(H,19,22)/t13-,16-/m1/s1. The molecule has 0 aliphatic carbocycles. The number of fused-ring (bicyclic) bond motifs is 1. The number of para-hydroxylation sites is 1. The Hall–Kier alpha value is -1.85. The van der Waals surface area contributed by atoms with Crippen molar-refractivity contribution in [3.8, 4) is 0 Å². The number of amides is 1. The number of hydrogen-bond acceptors (Lipinski definition) is 3. The van der Waals surface area contributed by atoms with Crippen molar-refractivity contribution >= 4 is 16.8 Å². The molecule has 1 amide bonds. The molecule has 118 valence electrons. The van der Waals surface area contributed by atoms with E-state index in [4.69, 9.17) is 0 Å². The van der Waals surface area contributed by atoms with E-state index >= 15 is 0 Å². The molecule has 5 nitrogen and oxygen atoms in total. The molecule has 0 bridgehead atoms. The Labute approximate surface area is 131 Å². The highest BCUT2D eigenvalue weighted by molar-refractivity contribution is 5.98. The van der Waals surface area contributed by atoms with Crippen LogP contribution < -0.4 is 5.32 Å². The van der Waals surface area contributed by atoms with E-state index < -0.39 is 0 Å². The number of likely N-dealkylation sites (N-methyl/N-ethyl adjacent to an activating group) is 1. The molecule has 1 aliphatic heterocycles. The molecule has 2 atom stereocenters. The second-order valence-electron chi connectivity index (χ2n) is 6.59. The van der Waals surface area contributed by atoms with Gasteiger partial charge in [-0.15, -0.1) is 0 Å². The number of carbonyl (C=O) groups excluding carboxylic acids is 1. The van der Waals surface area contributed by atoms with Gasteiger partial charge in [0.1, 0.15) is 5.69 Å². The Morgan fingerprint density at radius 3 is 2.86 bits per heavy atom. The molecule has 0 radical (unpaired) electrons. The molecule has 2 N–H and O–H groups in total. The largest absolute Gasteiger partial charge is 0.351 e. The van der Waals surface area contributed by atoms with Crippen molar-refractivity contribution in [2.75, 3.05) is 40.8 Å². The predicted molar refractivity (Wildman–Crippen MR) is 89.1 cm³/mol. The Kier molecular flexibility index (Phi) is 4.18. The van der Waals surface area contributed by atoms with E-state index in [1.807, 2.05) is 30.3 Å². The quantitative estimate of drug-likeness (QED) is 0.897. The van der Waals surface area contributed by atoms with Gasteiger partial charge in [-0.3, -0.25) is 4.79 Å². The molecule has 1 aromatic carbocycles. The van der Waals surface area contributed by atoms with Gasteiger partial charge >= 0.3 is 0 Å². The van der Waals surface area contributed by atoms with Crippen molar-refractivity contribution in [2.45, 2.75) is 6.04 Å². The van der Waals surface area contributed by atoms with Gasteiger partial charge in [-0.25, -0.2) is 0 Å². The lowest BCUT2D eigenvalue weighted by Crippen LogP contribution is -2.43. The third-order valence-corrected chi connectivity index (χ3v) is 4.31. The Morgan fingerprint density at radius 2 is 2.14 bits per heavy atom. The van der Waals surface area contributed by atoms with Gasteiger partial charge in [-0.1, -0.05) is 18.2 Å². The van der Waals surface area contributed by atoms with Crippen LogP contribution in [0.5, 0.6) is 0 Å².